The third-order valence-electron chi connectivity index (χ3n) is 5.15. The number of amides is 2. The van der Waals surface area contributed by atoms with Crippen molar-refractivity contribution in [1.82, 2.24) is 0 Å². The molecule has 2 aliphatic rings. The molecule has 4 nitrogen and oxygen atoms in total. The Morgan fingerprint density at radius 3 is 2.32 bits per heavy atom. The second kappa shape index (κ2) is 5.67. The van der Waals surface area contributed by atoms with Crippen molar-refractivity contribution in [1.29, 1.82) is 0 Å². The standard InChI is InChI=1S/C18H21NO3/c1-13-5-7-14(8-6-13)19-16(21)11-15(17(19)22)18(12-20)9-3-2-4-10-18/h5-8,12,15H,2-4,9-11H2,1H3. The molecule has 0 radical (unpaired) electrons. The van der Waals surface area contributed by atoms with Gasteiger partial charge in [0.05, 0.1) is 11.6 Å². The summed E-state index contributed by atoms with van der Waals surface area (Å²) < 4.78 is 0. The van der Waals surface area contributed by atoms with Crippen LogP contribution in [-0.4, -0.2) is 18.1 Å². The van der Waals surface area contributed by atoms with Gasteiger partial charge in [-0.15, -0.1) is 0 Å². The minimum absolute atomic E-state index is 0.158. The van der Waals surface area contributed by atoms with Gasteiger partial charge in [0.25, 0.3) is 0 Å². The van der Waals surface area contributed by atoms with E-state index in [9.17, 15) is 14.4 Å². The summed E-state index contributed by atoms with van der Waals surface area (Å²) in [6, 6.07) is 7.36. The van der Waals surface area contributed by atoms with Crippen LogP contribution in [-0.2, 0) is 14.4 Å². The number of benzene rings is 1. The van der Waals surface area contributed by atoms with Crippen molar-refractivity contribution >= 4 is 23.8 Å². The van der Waals surface area contributed by atoms with Crippen molar-refractivity contribution < 1.29 is 14.4 Å². The molecule has 1 saturated carbocycles. The molecular weight excluding hydrogens is 278 g/mol. The van der Waals surface area contributed by atoms with E-state index in [1.54, 1.807) is 12.1 Å². The number of nitrogens with zero attached hydrogens (tertiary/aromatic N) is 1. The van der Waals surface area contributed by atoms with Gasteiger partial charge in [-0.05, 0) is 31.9 Å². The van der Waals surface area contributed by atoms with E-state index in [1.165, 1.54) is 4.90 Å². The smallest absolute Gasteiger partial charge is 0.238 e. The Morgan fingerprint density at radius 2 is 1.73 bits per heavy atom. The first kappa shape index (κ1) is 14.9. The molecule has 116 valence electrons. The molecule has 0 spiro atoms. The predicted molar refractivity (Wildman–Crippen MR) is 83.4 cm³/mol. The van der Waals surface area contributed by atoms with Crippen molar-refractivity contribution in [2.45, 2.75) is 45.4 Å². The molecule has 1 aromatic rings. The molecule has 3 rings (SSSR count). The van der Waals surface area contributed by atoms with Gasteiger partial charge in [-0.3, -0.25) is 14.5 Å². The van der Waals surface area contributed by atoms with E-state index in [2.05, 4.69) is 0 Å². The van der Waals surface area contributed by atoms with Crippen molar-refractivity contribution in [3.05, 3.63) is 29.8 Å². The monoisotopic (exact) mass is 299 g/mol. The predicted octanol–water partition coefficient (Wildman–Crippen LogP) is 3.02. The molecule has 2 amide bonds. The molecule has 1 aromatic carbocycles. The Kier molecular flexibility index (Phi) is 3.85. The van der Waals surface area contributed by atoms with E-state index in [4.69, 9.17) is 0 Å². The minimum atomic E-state index is -0.634. The van der Waals surface area contributed by atoms with E-state index in [1.807, 2.05) is 19.1 Å². The molecule has 1 aliphatic carbocycles. The lowest BCUT2D eigenvalue weighted by Crippen LogP contribution is -2.40. The van der Waals surface area contributed by atoms with Crippen molar-refractivity contribution in [3.8, 4) is 0 Å². The maximum Gasteiger partial charge on any atom is 0.238 e. The summed E-state index contributed by atoms with van der Waals surface area (Å²) >= 11 is 0. The van der Waals surface area contributed by atoms with Crippen molar-refractivity contribution in [2.75, 3.05) is 4.90 Å². The molecular formula is C18H21NO3. The van der Waals surface area contributed by atoms with E-state index >= 15 is 0 Å². The summed E-state index contributed by atoms with van der Waals surface area (Å²) in [5.74, 6) is -0.882. The Balaban J connectivity index is 1.90. The molecule has 0 aromatic heterocycles. The second-order valence-electron chi connectivity index (χ2n) is 6.57. The molecule has 1 atom stereocenters. The lowest BCUT2D eigenvalue weighted by atomic mass is 9.66. The van der Waals surface area contributed by atoms with Gasteiger partial charge in [0, 0.05) is 11.8 Å². The van der Waals surface area contributed by atoms with Gasteiger partial charge in [0.15, 0.2) is 0 Å². The number of aldehydes is 1. The number of carbonyl (C=O) groups is 3. The normalized spacial score (nSPS) is 24.6. The van der Waals surface area contributed by atoms with E-state index < -0.39 is 11.3 Å². The average molecular weight is 299 g/mol. The van der Waals surface area contributed by atoms with E-state index in [-0.39, 0.29) is 18.2 Å². The zero-order valence-corrected chi connectivity index (χ0v) is 12.9. The maximum absolute atomic E-state index is 12.8. The third-order valence-corrected chi connectivity index (χ3v) is 5.15. The number of rotatable bonds is 3. The fourth-order valence-electron chi connectivity index (χ4n) is 3.80. The van der Waals surface area contributed by atoms with Gasteiger partial charge in [-0.25, -0.2) is 0 Å². The van der Waals surface area contributed by atoms with E-state index in [0.29, 0.717) is 5.69 Å². The number of imide groups is 1. The Hall–Kier alpha value is -1.97. The SMILES string of the molecule is Cc1ccc(N2C(=O)CC(C3(C=O)CCCCC3)C2=O)cc1. The first-order chi connectivity index (χ1) is 10.6. The van der Waals surface area contributed by atoms with Crippen LogP contribution in [0.15, 0.2) is 24.3 Å². The highest BCUT2D eigenvalue weighted by atomic mass is 16.2. The second-order valence-corrected chi connectivity index (χ2v) is 6.57. The van der Waals surface area contributed by atoms with Gasteiger partial charge in [-0.1, -0.05) is 37.0 Å². The molecule has 1 heterocycles. The fourth-order valence-corrected chi connectivity index (χ4v) is 3.80. The van der Waals surface area contributed by atoms with Crippen LogP contribution in [0.2, 0.25) is 0 Å². The molecule has 22 heavy (non-hydrogen) atoms. The minimum Gasteiger partial charge on any atom is -0.303 e. The molecule has 4 heteroatoms. The molecule has 2 fully saturated rings. The maximum atomic E-state index is 12.8. The highest BCUT2D eigenvalue weighted by molar-refractivity contribution is 6.21. The number of hydrogen-bond acceptors (Lipinski definition) is 3. The summed E-state index contributed by atoms with van der Waals surface area (Å²) in [6.07, 6.45) is 5.57. The van der Waals surface area contributed by atoms with Crippen LogP contribution < -0.4 is 4.90 Å². The number of aryl methyl sites for hydroxylation is 1. The topological polar surface area (TPSA) is 54.5 Å². The summed E-state index contributed by atoms with van der Waals surface area (Å²) in [5.41, 5.74) is 1.06. The van der Waals surface area contributed by atoms with E-state index in [0.717, 1.165) is 44.0 Å². The average Bonchev–Trinajstić information content (AvgIpc) is 2.84. The van der Waals surface area contributed by atoms with Gasteiger partial charge >= 0.3 is 0 Å². The molecule has 1 saturated heterocycles. The molecule has 1 aliphatic heterocycles. The van der Waals surface area contributed by atoms with Crippen LogP contribution in [0.3, 0.4) is 0 Å². The van der Waals surface area contributed by atoms with Crippen LogP contribution in [0, 0.1) is 18.3 Å². The van der Waals surface area contributed by atoms with Crippen LogP contribution in [0.1, 0.15) is 44.1 Å². The van der Waals surface area contributed by atoms with Gasteiger partial charge in [0.2, 0.25) is 11.8 Å². The molecule has 0 bridgehead atoms. The Labute approximate surface area is 130 Å². The van der Waals surface area contributed by atoms with Crippen LogP contribution in [0.25, 0.3) is 0 Å². The summed E-state index contributed by atoms with van der Waals surface area (Å²) in [5, 5.41) is 0. The lowest BCUT2D eigenvalue weighted by Gasteiger charge is -2.35. The lowest BCUT2D eigenvalue weighted by molar-refractivity contribution is -0.132. The summed E-state index contributed by atoms with van der Waals surface area (Å²) in [6.45, 7) is 1.96. The highest BCUT2D eigenvalue weighted by Gasteiger charge is 2.51. The Bertz CT molecular complexity index is 599. The zero-order chi connectivity index (χ0) is 15.7. The number of anilines is 1. The largest absolute Gasteiger partial charge is 0.303 e. The van der Waals surface area contributed by atoms with Gasteiger partial charge in [-0.2, -0.15) is 0 Å². The summed E-state index contributed by atoms with van der Waals surface area (Å²) in [4.78, 5) is 38.2. The molecule has 1 unspecified atom stereocenters. The van der Waals surface area contributed by atoms with Crippen molar-refractivity contribution in [3.63, 3.8) is 0 Å². The number of hydrogen-bond donors (Lipinski definition) is 0. The molecule has 0 N–H and O–H groups in total. The summed E-state index contributed by atoms with van der Waals surface area (Å²) in [7, 11) is 0. The van der Waals surface area contributed by atoms with Gasteiger partial charge in [0.1, 0.15) is 6.29 Å². The quantitative estimate of drug-likeness (QED) is 0.637. The Morgan fingerprint density at radius 1 is 1.09 bits per heavy atom. The van der Waals surface area contributed by atoms with Crippen LogP contribution in [0.4, 0.5) is 5.69 Å². The first-order valence-electron chi connectivity index (χ1n) is 7.97. The number of carbonyl (C=O) groups excluding carboxylic acids is 3. The zero-order valence-electron chi connectivity index (χ0n) is 12.9. The first-order valence-corrected chi connectivity index (χ1v) is 7.97. The highest BCUT2D eigenvalue weighted by Crippen LogP contribution is 2.46. The fraction of sp³-hybridized carbons (Fsp3) is 0.500. The van der Waals surface area contributed by atoms with Crippen LogP contribution in [0.5, 0.6) is 0 Å². The third kappa shape index (κ3) is 2.36. The van der Waals surface area contributed by atoms with Crippen LogP contribution >= 0.6 is 0 Å². The van der Waals surface area contributed by atoms with Crippen molar-refractivity contribution in [2.24, 2.45) is 11.3 Å². The van der Waals surface area contributed by atoms with Gasteiger partial charge < -0.3 is 4.79 Å².